The lowest BCUT2D eigenvalue weighted by Crippen LogP contribution is -2.15. The Morgan fingerprint density at radius 2 is 1.32 bits per heavy atom. The molecule has 0 saturated heterocycles. The summed E-state index contributed by atoms with van der Waals surface area (Å²) in [5.41, 5.74) is 3.02. The van der Waals surface area contributed by atoms with Gasteiger partial charge in [0.15, 0.2) is 11.6 Å². The van der Waals surface area contributed by atoms with Crippen LogP contribution in [0.15, 0.2) is 54.6 Å². The minimum atomic E-state index is -0.806. The first-order valence-electron chi connectivity index (χ1n) is 12.1. The average molecular weight is 421 g/mol. The molecule has 0 N–H and O–H groups in total. The Morgan fingerprint density at radius 1 is 0.677 bits per heavy atom. The molecule has 3 aromatic rings. The molecule has 0 aromatic heterocycles. The number of benzene rings is 3. The number of unbranched alkanes of at least 4 members (excludes halogenated alkanes) is 2. The zero-order valence-corrected chi connectivity index (χ0v) is 18.7. The summed E-state index contributed by atoms with van der Waals surface area (Å²) in [4.78, 5) is 0. The van der Waals surface area contributed by atoms with Crippen LogP contribution >= 0.6 is 0 Å². The molecule has 0 unspecified atom stereocenters. The van der Waals surface area contributed by atoms with E-state index < -0.39 is 11.6 Å². The van der Waals surface area contributed by atoms with Gasteiger partial charge in [-0.2, -0.15) is 0 Å². The normalized spacial score (nSPS) is 19.1. The molecular weight excluding hydrogens is 386 g/mol. The number of halogens is 2. The smallest absolute Gasteiger partial charge is 0.159 e. The van der Waals surface area contributed by atoms with Crippen molar-refractivity contribution in [2.75, 3.05) is 0 Å². The SMILES string of the molecule is CCCCCC1CCC(CCc2ccc3cc(-c4ccc(F)c(F)c4)ccc3c2)CC1. The van der Waals surface area contributed by atoms with Gasteiger partial charge in [-0.05, 0) is 70.3 Å². The van der Waals surface area contributed by atoms with Crippen molar-refractivity contribution < 1.29 is 8.78 Å². The summed E-state index contributed by atoms with van der Waals surface area (Å²) in [5, 5.41) is 2.35. The molecule has 0 bridgehead atoms. The van der Waals surface area contributed by atoms with Crippen molar-refractivity contribution in [3.63, 3.8) is 0 Å². The third kappa shape index (κ3) is 5.73. The van der Waals surface area contributed by atoms with E-state index >= 15 is 0 Å². The van der Waals surface area contributed by atoms with Crippen LogP contribution in [0.4, 0.5) is 8.78 Å². The van der Waals surface area contributed by atoms with Gasteiger partial charge in [-0.1, -0.05) is 94.7 Å². The minimum absolute atomic E-state index is 0.704. The topological polar surface area (TPSA) is 0 Å². The number of hydrogen-bond donors (Lipinski definition) is 0. The van der Waals surface area contributed by atoms with Gasteiger partial charge >= 0.3 is 0 Å². The first-order valence-corrected chi connectivity index (χ1v) is 12.1. The van der Waals surface area contributed by atoms with Crippen LogP contribution in [0.1, 0.15) is 70.3 Å². The number of fused-ring (bicyclic) bond motifs is 1. The average Bonchev–Trinajstić information content (AvgIpc) is 2.80. The molecule has 1 aliphatic rings. The minimum Gasteiger partial charge on any atom is -0.204 e. The Balaban J connectivity index is 1.34. The first kappa shape index (κ1) is 22.0. The molecular formula is C29H34F2. The summed E-state index contributed by atoms with van der Waals surface area (Å²) in [6.07, 6.45) is 13.7. The predicted octanol–water partition coefficient (Wildman–Crippen LogP) is 9.10. The molecule has 0 heterocycles. The highest BCUT2D eigenvalue weighted by molar-refractivity contribution is 5.87. The molecule has 31 heavy (non-hydrogen) atoms. The van der Waals surface area contributed by atoms with Crippen LogP contribution in [0.3, 0.4) is 0 Å². The summed E-state index contributed by atoms with van der Waals surface area (Å²) in [6.45, 7) is 2.29. The molecule has 164 valence electrons. The summed E-state index contributed by atoms with van der Waals surface area (Å²) < 4.78 is 26.8. The first-order chi connectivity index (χ1) is 15.1. The van der Waals surface area contributed by atoms with Gasteiger partial charge in [0.2, 0.25) is 0 Å². The van der Waals surface area contributed by atoms with Crippen LogP contribution in [-0.4, -0.2) is 0 Å². The van der Waals surface area contributed by atoms with Crippen LogP contribution in [0.5, 0.6) is 0 Å². The van der Waals surface area contributed by atoms with Crippen LogP contribution < -0.4 is 0 Å². The Bertz CT molecular complexity index is 999. The van der Waals surface area contributed by atoms with Gasteiger partial charge in [-0.25, -0.2) is 8.78 Å². The van der Waals surface area contributed by atoms with Crippen molar-refractivity contribution in [2.45, 2.75) is 71.1 Å². The lowest BCUT2D eigenvalue weighted by Gasteiger charge is -2.28. The summed E-state index contributed by atoms with van der Waals surface area (Å²) in [7, 11) is 0. The van der Waals surface area contributed by atoms with Crippen LogP contribution in [-0.2, 0) is 6.42 Å². The second kappa shape index (κ2) is 10.4. The number of rotatable bonds is 8. The second-order valence-electron chi connectivity index (χ2n) is 9.45. The molecule has 1 aliphatic carbocycles. The van der Waals surface area contributed by atoms with E-state index in [0.717, 1.165) is 29.2 Å². The molecule has 0 nitrogen and oxygen atoms in total. The van der Waals surface area contributed by atoms with E-state index in [0.29, 0.717) is 5.56 Å². The third-order valence-electron chi connectivity index (χ3n) is 7.18. The lowest BCUT2D eigenvalue weighted by atomic mass is 9.77. The molecule has 3 aromatic carbocycles. The van der Waals surface area contributed by atoms with Crippen LogP contribution in [0.25, 0.3) is 21.9 Å². The molecule has 1 saturated carbocycles. The Morgan fingerprint density at radius 3 is 2.06 bits per heavy atom. The highest BCUT2D eigenvalue weighted by Crippen LogP contribution is 2.34. The molecule has 0 amide bonds. The second-order valence-corrected chi connectivity index (χ2v) is 9.45. The fourth-order valence-corrected chi connectivity index (χ4v) is 5.17. The standard InChI is InChI=1S/C29H34F2/c1-2-3-4-5-21-6-8-22(9-7-21)10-11-23-12-13-25-19-26(15-14-24(25)18-23)27-16-17-28(30)29(31)20-27/h12-22H,2-11H2,1H3. The Hall–Kier alpha value is -2.22. The van der Waals surface area contributed by atoms with Gasteiger partial charge < -0.3 is 0 Å². The lowest BCUT2D eigenvalue weighted by molar-refractivity contribution is 0.249. The van der Waals surface area contributed by atoms with Crippen molar-refractivity contribution in [3.05, 3.63) is 71.8 Å². The van der Waals surface area contributed by atoms with Gasteiger partial charge in [0.1, 0.15) is 0 Å². The zero-order valence-electron chi connectivity index (χ0n) is 18.7. The van der Waals surface area contributed by atoms with Crippen LogP contribution in [0.2, 0.25) is 0 Å². The number of aryl methyl sites for hydroxylation is 1. The van der Waals surface area contributed by atoms with Crippen molar-refractivity contribution in [3.8, 4) is 11.1 Å². The van der Waals surface area contributed by atoms with E-state index in [1.165, 1.54) is 80.9 Å². The Labute approximate surface area is 185 Å². The van der Waals surface area contributed by atoms with Gasteiger partial charge in [-0.3, -0.25) is 0 Å². The van der Waals surface area contributed by atoms with E-state index in [1.54, 1.807) is 6.07 Å². The summed E-state index contributed by atoms with van der Waals surface area (Å²) in [5.74, 6) is 0.253. The van der Waals surface area contributed by atoms with E-state index in [-0.39, 0.29) is 0 Å². The maximum Gasteiger partial charge on any atom is 0.159 e. The Kier molecular flexibility index (Phi) is 7.37. The van der Waals surface area contributed by atoms with E-state index in [2.05, 4.69) is 37.3 Å². The van der Waals surface area contributed by atoms with Gasteiger partial charge in [0.25, 0.3) is 0 Å². The van der Waals surface area contributed by atoms with E-state index in [4.69, 9.17) is 0 Å². The summed E-state index contributed by atoms with van der Waals surface area (Å²) >= 11 is 0. The maximum atomic E-state index is 13.6. The van der Waals surface area contributed by atoms with Crippen LogP contribution in [0, 0.1) is 23.5 Å². The quantitative estimate of drug-likeness (QED) is 0.319. The fourth-order valence-electron chi connectivity index (χ4n) is 5.17. The van der Waals surface area contributed by atoms with Crippen molar-refractivity contribution in [1.29, 1.82) is 0 Å². The molecule has 0 spiro atoms. The maximum absolute atomic E-state index is 13.6. The van der Waals surface area contributed by atoms with Gasteiger partial charge in [-0.15, -0.1) is 0 Å². The van der Waals surface area contributed by atoms with Crippen molar-refractivity contribution in [2.24, 2.45) is 11.8 Å². The monoisotopic (exact) mass is 420 g/mol. The molecule has 2 heteroatoms. The summed E-state index contributed by atoms with van der Waals surface area (Å²) in [6, 6.07) is 16.9. The fraction of sp³-hybridized carbons (Fsp3) is 0.448. The van der Waals surface area contributed by atoms with E-state index in [1.807, 2.05) is 6.07 Å². The molecule has 1 fully saturated rings. The number of hydrogen-bond acceptors (Lipinski definition) is 0. The van der Waals surface area contributed by atoms with E-state index in [9.17, 15) is 8.78 Å². The zero-order chi connectivity index (χ0) is 21.6. The molecule has 0 radical (unpaired) electrons. The van der Waals surface area contributed by atoms with Gasteiger partial charge in [0.05, 0.1) is 0 Å². The third-order valence-corrected chi connectivity index (χ3v) is 7.18. The molecule has 0 aliphatic heterocycles. The van der Waals surface area contributed by atoms with Gasteiger partial charge in [0, 0.05) is 0 Å². The van der Waals surface area contributed by atoms with Crippen molar-refractivity contribution in [1.82, 2.24) is 0 Å². The molecule has 4 rings (SSSR count). The highest BCUT2D eigenvalue weighted by Gasteiger charge is 2.20. The largest absolute Gasteiger partial charge is 0.204 e. The van der Waals surface area contributed by atoms with Crippen molar-refractivity contribution >= 4 is 10.8 Å². The highest BCUT2D eigenvalue weighted by atomic mass is 19.2. The molecule has 0 atom stereocenters. The predicted molar refractivity (Wildman–Crippen MR) is 127 cm³/mol.